The van der Waals surface area contributed by atoms with Gasteiger partial charge in [0.25, 0.3) is 0 Å². The van der Waals surface area contributed by atoms with Gasteiger partial charge in [-0.15, -0.1) is 0 Å². The maximum Gasteiger partial charge on any atom is 0.179 e. The molecule has 2 rings (SSSR count). The Bertz CT molecular complexity index is 554. The van der Waals surface area contributed by atoms with Crippen LogP contribution in [0.4, 0.5) is 5.82 Å². The van der Waals surface area contributed by atoms with E-state index in [1.807, 2.05) is 0 Å². The molecule has 1 aromatic heterocycles. The molecule has 0 aromatic carbocycles. The van der Waals surface area contributed by atoms with E-state index in [1.54, 1.807) is 30.1 Å². The Balaban J connectivity index is 2.14. The third-order valence-corrected chi connectivity index (χ3v) is 6.13. The normalized spacial score (nSPS) is 18.7. The predicted molar refractivity (Wildman–Crippen MR) is 82.1 cm³/mol. The number of nitrogens with one attached hydrogen (secondary N) is 1. The van der Waals surface area contributed by atoms with Gasteiger partial charge in [0.15, 0.2) is 9.84 Å². The maximum atomic E-state index is 11.7. The highest BCUT2D eigenvalue weighted by molar-refractivity contribution is 8.00. The third-order valence-electron chi connectivity index (χ3n) is 3.59. The fourth-order valence-electron chi connectivity index (χ4n) is 2.26. The Morgan fingerprint density at radius 2 is 2.15 bits per heavy atom. The summed E-state index contributed by atoms with van der Waals surface area (Å²) >= 11 is 1.81. The summed E-state index contributed by atoms with van der Waals surface area (Å²) in [5, 5.41) is 3.21. The molecule has 1 N–H and O–H groups in total. The van der Waals surface area contributed by atoms with Gasteiger partial charge in [-0.25, -0.2) is 13.4 Å². The van der Waals surface area contributed by atoms with Crippen molar-refractivity contribution >= 4 is 27.4 Å². The molecule has 0 radical (unpaired) electrons. The van der Waals surface area contributed by atoms with Gasteiger partial charge in [-0.05, 0) is 31.2 Å². The summed E-state index contributed by atoms with van der Waals surface area (Å²) in [5.41, 5.74) is 0. The van der Waals surface area contributed by atoms with Gasteiger partial charge in [0.2, 0.25) is 0 Å². The van der Waals surface area contributed by atoms with Crippen molar-refractivity contribution in [2.75, 3.05) is 37.6 Å². The van der Waals surface area contributed by atoms with Crippen molar-refractivity contribution < 1.29 is 13.2 Å². The fourth-order valence-corrected chi connectivity index (χ4v) is 3.86. The quantitative estimate of drug-likeness (QED) is 0.893. The molecule has 1 aliphatic heterocycles. The first-order valence-corrected chi connectivity index (χ1v) is 9.60. The van der Waals surface area contributed by atoms with E-state index in [-0.39, 0.29) is 9.64 Å². The molecular weight excluding hydrogens is 296 g/mol. The lowest BCUT2D eigenvalue weighted by molar-refractivity contribution is 0.0802. The van der Waals surface area contributed by atoms with Crippen LogP contribution >= 0.6 is 11.8 Å². The van der Waals surface area contributed by atoms with Crippen LogP contribution in [0.5, 0.6) is 0 Å². The van der Waals surface area contributed by atoms with Crippen molar-refractivity contribution in [2.45, 2.75) is 22.5 Å². The van der Waals surface area contributed by atoms with Crippen molar-refractivity contribution in [1.29, 1.82) is 0 Å². The van der Waals surface area contributed by atoms with Crippen LogP contribution in [0.25, 0.3) is 0 Å². The summed E-state index contributed by atoms with van der Waals surface area (Å²) in [6.45, 7) is 2.20. The van der Waals surface area contributed by atoms with Crippen molar-refractivity contribution in [2.24, 2.45) is 0 Å². The number of ether oxygens (including phenoxy) is 1. The highest BCUT2D eigenvalue weighted by atomic mass is 32.2. The van der Waals surface area contributed by atoms with Gasteiger partial charge in [-0.1, -0.05) is 0 Å². The first-order chi connectivity index (χ1) is 9.47. The van der Waals surface area contributed by atoms with Crippen LogP contribution in [0.3, 0.4) is 0 Å². The van der Waals surface area contributed by atoms with Crippen molar-refractivity contribution in [3.8, 4) is 0 Å². The number of rotatable bonds is 5. The van der Waals surface area contributed by atoms with Gasteiger partial charge in [0.05, 0.1) is 0 Å². The molecule has 112 valence electrons. The van der Waals surface area contributed by atoms with Crippen molar-refractivity contribution in [1.82, 2.24) is 4.98 Å². The maximum absolute atomic E-state index is 11.7. The Morgan fingerprint density at radius 1 is 1.45 bits per heavy atom. The summed E-state index contributed by atoms with van der Waals surface area (Å²) < 4.78 is 29.0. The van der Waals surface area contributed by atoms with Crippen LogP contribution in [0.1, 0.15) is 12.8 Å². The Labute approximate surface area is 124 Å². The number of hydrogen-bond donors (Lipinski definition) is 1. The lowest BCUT2D eigenvalue weighted by Gasteiger charge is -2.36. The van der Waals surface area contributed by atoms with E-state index in [0.717, 1.165) is 26.1 Å². The molecule has 0 aliphatic carbocycles. The SMILES string of the molecule is CSC1(CNc2ncccc2S(C)(=O)=O)CCOCC1. The first kappa shape index (κ1) is 15.6. The molecule has 20 heavy (non-hydrogen) atoms. The molecule has 0 atom stereocenters. The smallest absolute Gasteiger partial charge is 0.179 e. The number of hydrogen-bond acceptors (Lipinski definition) is 6. The zero-order valence-electron chi connectivity index (χ0n) is 11.8. The molecular formula is C13H20N2O3S2. The van der Waals surface area contributed by atoms with Gasteiger partial charge in [-0.2, -0.15) is 11.8 Å². The van der Waals surface area contributed by atoms with E-state index < -0.39 is 9.84 Å². The first-order valence-electron chi connectivity index (χ1n) is 6.49. The summed E-state index contributed by atoms with van der Waals surface area (Å²) in [4.78, 5) is 4.42. The number of anilines is 1. The number of thioether (sulfide) groups is 1. The second-order valence-electron chi connectivity index (χ2n) is 4.98. The van der Waals surface area contributed by atoms with Gasteiger partial charge in [0.1, 0.15) is 10.7 Å². The Morgan fingerprint density at radius 3 is 2.75 bits per heavy atom. The molecule has 1 aromatic rings. The van der Waals surface area contributed by atoms with E-state index in [4.69, 9.17) is 4.74 Å². The minimum absolute atomic E-state index is 0.0878. The topological polar surface area (TPSA) is 68.3 Å². The van der Waals surface area contributed by atoms with E-state index in [1.165, 1.54) is 6.26 Å². The number of nitrogens with zero attached hydrogens (tertiary/aromatic N) is 1. The summed E-state index contributed by atoms with van der Waals surface area (Å²) in [5.74, 6) is 0.440. The van der Waals surface area contributed by atoms with Crippen LogP contribution in [0, 0.1) is 0 Å². The molecule has 5 nitrogen and oxygen atoms in total. The van der Waals surface area contributed by atoms with Gasteiger partial charge in [-0.3, -0.25) is 0 Å². The molecule has 2 heterocycles. The van der Waals surface area contributed by atoms with Gasteiger partial charge in [0, 0.05) is 37.0 Å². The molecule has 0 unspecified atom stereocenters. The molecule has 0 bridgehead atoms. The van der Waals surface area contributed by atoms with Crippen LogP contribution in [0.2, 0.25) is 0 Å². The monoisotopic (exact) mass is 316 g/mol. The number of pyridine rings is 1. The molecule has 0 spiro atoms. The largest absolute Gasteiger partial charge is 0.381 e. The van der Waals surface area contributed by atoms with Gasteiger partial charge >= 0.3 is 0 Å². The van der Waals surface area contributed by atoms with Crippen LogP contribution in [-0.2, 0) is 14.6 Å². The molecule has 1 fully saturated rings. The van der Waals surface area contributed by atoms with Crippen LogP contribution < -0.4 is 5.32 Å². The fraction of sp³-hybridized carbons (Fsp3) is 0.615. The average molecular weight is 316 g/mol. The lowest BCUT2D eigenvalue weighted by Crippen LogP contribution is -2.39. The van der Waals surface area contributed by atoms with Gasteiger partial charge < -0.3 is 10.1 Å². The zero-order valence-corrected chi connectivity index (χ0v) is 13.4. The lowest BCUT2D eigenvalue weighted by atomic mass is 9.99. The second kappa shape index (κ2) is 6.32. The van der Waals surface area contributed by atoms with Crippen molar-refractivity contribution in [3.05, 3.63) is 18.3 Å². The van der Waals surface area contributed by atoms with Crippen LogP contribution in [-0.4, -0.2) is 50.4 Å². The number of aromatic nitrogens is 1. The molecule has 1 aliphatic rings. The van der Waals surface area contributed by atoms with E-state index >= 15 is 0 Å². The zero-order chi connectivity index (χ0) is 14.6. The van der Waals surface area contributed by atoms with Crippen molar-refractivity contribution in [3.63, 3.8) is 0 Å². The second-order valence-corrected chi connectivity index (χ2v) is 8.23. The summed E-state index contributed by atoms with van der Waals surface area (Å²) in [6, 6.07) is 3.22. The highest BCUT2D eigenvalue weighted by Gasteiger charge is 2.32. The molecule has 1 saturated heterocycles. The molecule has 7 heteroatoms. The van der Waals surface area contributed by atoms with E-state index in [0.29, 0.717) is 12.4 Å². The summed E-state index contributed by atoms with van der Waals surface area (Å²) in [7, 11) is -3.27. The Kier molecular flexibility index (Phi) is 4.93. The average Bonchev–Trinajstić information content (AvgIpc) is 2.45. The minimum atomic E-state index is -3.27. The highest BCUT2D eigenvalue weighted by Crippen LogP contribution is 2.34. The predicted octanol–water partition coefficient (Wildman–Crippen LogP) is 1.81. The Hall–Kier alpha value is -0.790. The molecule has 0 saturated carbocycles. The van der Waals surface area contributed by atoms with E-state index in [2.05, 4.69) is 16.6 Å². The summed E-state index contributed by atoms with van der Waals surface area (Å²) in [6.07, 6.45) is 6.81. The van der Waals surface area contributed by atoms with Crippen LogP contribution in [0.15, 0.2) is 23.2 Å². The molecule has 0 amide bonds. The standard InChI is InChI=1S/C13H20N2O3S2/c1-19-13(5-8-18-9-6-13)10-15-12-11(20(2,16)17)4-3-7-14-12/h3-4,7H,5-6,8-10H2,1-2H3,(H,14,15). The third kappa shape index (κ3) is 3.65. The number of sulfone groups is 1. The minimum Gasteiger partial charge on any atom is -0.381 e. The van der Waals surface area contributed by atoms with E-state index in [9.17, 15) is 8.42 Å².